The van der Waals surface area contributed by atoms with E-state index in [-0.39, 0.29) is 12.8 Å². The predicted molar refractivity (Wildman–Crippen MR) is 43.9 cm³/mol. The Morgan fingerprint density at radius 2 is 2.15 bits per heavy atom. The van der Waals surface area contributed by atoms with Gasteiger partial charge in [0.15, 0.2) is 5.78 Å². The molecule has 0 spiro atoms. The van der Waals surface area contributed by atoms with Crippen LogP contribution in [0.3, 0.4) is 0 Å². The summed E-state index contributed by atoms with van der Waals surface area (Å²) in [5.74, 6) is -1.67. The minimum absolute atomic E-state index is 0.0293. The van der Waals surface area contributed by atoms with Gasteiger partial charge in [-0.25, -0.2) is 9.18 Å². The van der Waals surface area contributed by atoms with Gasteiger partial charge in [-0.1, -0.05) is 6.42 Å². The van der Waals surface area contributed by atoms with Crippen LogP contribution in [0.5, 0.6) is 0 Å². The van der Waals surface area contributed by atoms with Crippen molar-refractivity contribution in [2.45, 2.75) is 37.8 Å². The smallest absolute Gasteiger partial charge is 0.351 e. The van der Waals surface area contributed by atoms with E-state index in [0.29, 0.717) is 12.8 Å². The summed E-state index contributed by atoms with van der Waals surface area (Å²) >= 11 is 0. The molecule has 0 saturated heterocycles. The Kier molecular flexibility index (Phi) is 3.01. The van der Waals surface area contributed by atoms with Crippen molar-refractivity contribution >= 4 is 11.8 Å². The van der Waals surface area contributed by atoms with Gasteiger partial charge in [0.25, 0.3) is 5.67 Å². The summed E-state index contributed by atoms with van der Waals surface area (Å²) in [6.45, 7) is 0. The van der Waals surface area contributed by atoms with Crippen molar-refractivity contribution in [3.05, 3.63) is 0 Å². The number of ketones is 1. The Labute approximate surface area is 76.3 Å². The third-order valence-corrected chi connectivity index (χ3v) is 2.38. The number of hydrogen-bond donors (Lipinski definition) is 0. The average Bonchev–Trinajstić information content (AvgIpc) is 2.29. The number of esters is 1. The van der Waals surface area contributed by atoms with Crippen LogP contribution in [-0.4, -0.2) is 24.5 Å². The lowest BCUT2D eigenvalue weighted by molar-refractivity contribution is -0.160. The summed E-state index contributed by atoms with van der Waals surface area (Å²) in [4.78, 5) is 22.3. The Morgan fingerprint density at radius 1 is 1.46 bits per heavy atom. The summed E-state index contributed by atoms with van der Waals surface area (Å²) in [7, 11) is 1.10. The molecule has 0 aromatic rings. The van der Waals surface area contributed by atoms with Gasteiger partial charge < -0.3 is 4.74 Å². The van der Waals surface area contributed by atoms with Crippen LogP contribution < -0.4 is 0 Å². The van der Waals surface area contributed by atoms with Crippen LogP contribution >= 0.6 is 0 Å². The summed E-state index contributed by atoms with van der Waals surface area (Å²) in [6.07, 6.45) is 2.15. The summed E-state index contributed by atoms with van der Waals surface area (Å²) in [6, 6.07) is 0. The van der Waals surface area contributed by atoms with Gasteiger partial charge in [-0.15, -0.1) is 0 Å². The molecule has 4 heteroatoms. The zero-order valence-corrected chi connectivity index (χ0v) is 7.64. The number of alkyl halides is 1. The molecule has 0 amide bonds. The number of methoxy groups -OCH3 is 1. The first kappa shape index (κ1) is 10.2. The molecule has 0 bridgehead atoms. The van der Waals surface area contributed by atoms with Crippen molar-refractivity contribution in [1.82, 2.24) is 0 Å². The fourth-order valence-corrected chi connectivity index (χ4v) is 1.55. The SMILES string of the molecule is COC(=O)[C@]1(F)CCCCCC1=O. The van der Waals surface area contributed by atoms with Crippen molar-refractivity contribution in [3.8, 4) is 0 Å². The second-order valence-electron chi connectivity index (χ2n) is 3.28. The van der Waals surface area contributed by atoms with Crippen LogP contribution in [0.4, 0.5) is 4.39 Å². The van der Waals surface area contributed by atoms with Crippen LogP contribution in [0.25, 0.3) is 0 Å². The van der Waals surface area contributed by atoms with E-state index in [4.69, 9.17) is 0 Å². The first-order valence-corrected chi connectivity index (χ1v) is 4.42. The van der Waals surface area contributed by atoms with Crippen LogP contribution in [0, 0.1) is 0 Å². The average molecular weight is 188 g/mol. The fraction of sp³-hybridized carbons (Fsp3) is 0.778. The van der Waals surface area contributed by atoms with E-state index in [9.17, 15) is 14.0 Å². The summed E-state index contributed by atoms with van der Waals surface area (Å²) in [5, 5.41) is 0. The first-order valence-electron chi connectivity index (χ1n) is 4.42. The highest BCUT2D eigenvalue weighted by atomic mass is 19.1. The fourth-order valence-electron chi connectivity index (χ4n) is 1.55. The maximum Gasteiger partial charge on any atom is 0.351 e. The van der Waals surface area contributed by atoms with E-state index < -0.39 is 17.4 Å². The van der Waals surface area contributed by atoms with E-state index in [1.807, 2.05) is 0 Å². The highest BCUT2D eigenvalue weighted by molar-refractivity contribution is 6.07. The lowest BCUT2D eigenvalue weighted by Gasteiger charge is -2.18. The quantitative estimate of drug-likeness (QED) is 0.355. The maximum atomic E-state index is 13.8. The van der Waals surface area contributed by atoms with Gasteiger partial charge in [-0.2, -0.15) is 0 Å². The van der Waals surface area contributed by atoms with Gasteiger partial charge in [0.2, 0.25) is 0 Å². The predicted octanol–water partition coefficient (Wildman–Crippen LogP) is 1.40. The van der Waals surface area contributed by atoms with E-state index in [1.54, 1.807) is 0 Å². The number of Topliss-reactive ketones (excluding diaryl/α,β-unsaturated/α-hetero) is 1. The molecule has 13 heavy (non-hydrogen) atoms. The molecular formula is C9H13FO3. The number of carbonyl (C=O) groups excluding carboxylic acids is 2. The van der Waals surface area contributed by atoms with Crippen molar-refractivity contribution < 1.29 is 18.7 Å². The second-order valence-corrected chi connectivity index (χ2v) is 3.28. The minimum Gasteiger partial charge on any atom is -0.466 e. The monoisotopic (exact) mass is 188 g/mol. The lowest BCUT2D eigenvalue weighted by Crippen LogP contribution is -2.42. The van der Waals surface area contributed by atoms with Crippen LogP contribution in [0.1, 0.15) is 32.1 Å². The molecule has 1 saturated carbocycles. The van der Waals surface area contributed by atoms with Gasteiger partial charge >= 0.3 is 5.97 Å². The highest BCUT2D eigenvalue weighted by Crippen LogP contribution is 2.28. The van der Waals surface area contributed by atoms with E-state index >= 15 is 0 Å². The van der Waals surface area contributed by atoms with Crippen molar-refractivity contribution in [1.29, 1.82) is 0 Å². The Hall–Kier alpha value is -0.930. The molecule has 0 unspecified atom stereocenters. The Morgan fingerprint density at radius 3 is 2.77 bits per heavy atom. The van der Waals surface area contributed by atoms with Crippen LogP contribution in [0.15, 0.2) is 0 Å². The molecule has 1 fully saturated rings. The molecule has 1 atom stereocenters. The Balaban J connectivity index is 2.82. The second kappa shape index (κ2) is 3.85. The number of carbonyl (C=O) groups is 2. The number of halogens is 1. The number of rotatable bonds is 1. The molecule has 74 valence electrons. The first-order chi connectivity index (χ1) is 6.11. The van der Waals surface area contributed by atoms with E-state index in [1.165, 1.54) is 0 Å². The third-order valence-electron chi connectivity index (χ3n) is 2.38. The van der Waals surface area contributed by atoms with Gasteiger partial charge in [0, 0.05) is 6.42 Å². The van der Waals surface area contributed by atoms with Gasteiger partial charge in [0.05, 0.1) is 7.11 Å². The Bertz CT molecular complexity index is 227. The van der Waals surface area contributed by atoms with Crippen LogP contribution in [0.2, 0.25) is 0 Å². The zero-order valence-electron chi connectivity index (χ0n) is 7.64. The molecule has 0 aromatic carbocycles. The summed E-state index contributed by atoms with van der Waals surface area (Å²) in [5.41, 5.74) is -2.37. The highest BCUT2D eigenvalue weighted by Gasteiger charge is 2.47. The third kappa shape index (κ3) is 1.87. The molecule has 0 radical (unpaired) electrons. The van der Waals surface area contributed by atoms with Gasteiger partial charge in [0.1, 0.15) is 0 Å². The zero-order chi connectivity index (χ0) is 9.90. The molecule has 0 aromatic heterocycles. The van der Waals surface area contributed by atoms with E-state index in [2.05, 4.69) is 4.74 Å². The normalized spacial score (nSPS) is 29.5. The topological polar surface area (TPSA) is 43.4 Å². The largest absolute Gasteiger partial charge is 0.466 e. The lowest BCUT2D eigenvalue weighted by atomic mass is 9.95. The molecule has 0 aliphatic heterocycles. The maximum absolute atomic E-state index is 13.8. The standard InChI is InChI=1S/C9H13FO3/c1-13-8(12)9(10)6-4-2-3-5-7(9)11/h2-6H2,1H3/t9-/m0/s1. The molecule has 3 nitrogen and oxygen atoms in total. The molecular weight excluding hydrogens is 175 g/mol. The molecule has 1 aliphatic rings. The number of ether oxygens (including phenoxy) is 1. The number of hydrogen-bond acceptors (Lipinski definition) is 3. The summed E-state index contributed by atoms with van der Waals surface area (Å²) < 4.78 is 18.1. The van der Waals surface area contributed by atoms with Crippen molar-refractivity contribution in [2.24, 2.45) is 0 Å². The van der Waals surface area contributed by atoms with Gasteiger partial charge in [-0.05, 0) is 19.3 Å². The molecule has 0 N–H and O–H groups in total. The van der Waals surface area contributed by atoms with Crippen molar-refractivity contribution in [2.75, 3.05) is 7.11 Å². The minimum atomic E-state index is -2.37. The molecule has 1 aliphatic carbocycles. The van der Waals surface area contributed by atoms with Crippen LogP contribution in [-0.2, 0) is 14.3 Å². The van der Waals surface area contributed by atoms with Crippen molar-refractivity contribution in [3.63, 3.8) is 0 Å². The van der Waals surface area contributed by atoms with E-state index in [0.717, 1.165) is 13.5 Å². The van der Waals surface area contributed by atoms with Gasteiger partial charge in [-0.3, -0.25) is 4.79 Å². The molecule has 0 heterocycles. The molecule has 1 rings (SSSR count).